The smallest absolute Gasteiger partial charge is 0.248 e. The highest BCUT2D eigenvalue weighted by molar-refractivity contribution is 6.02. The van der Waals surface area contributed by atoms with E-state index in [-0.39, 0.29) is 5.91 Å². The number of methoxy groups -OCH3 is 4. The first-order chi connectivity index (χ1) is 12.1. The van der Waals surface area contributed by atoms with Crippen LogP contribution in [0.3, 0.4) is 0 Å². The predicted octanol–water partition coefficient (Wildman–Crippen LogP) is 3.37. The number of carbonyl (C=O) groups is 1. The molecule has 0 aliphatic rings. The average molecular weight is 343 g/mol. The Labute approximate surface area is 147 Å². The molecule has 0 atom stereocenters. The molecule has 0 bridgehead atoms. The second kappa shape index (κ2) is 8.63. The summed E-state index contributed by atoms with van der Waals surface area (Å²) in [5, 5.41) is 2.77. The molecule has 0 saturated heterocycles. The van der Waals surface area contributed by atoms with Gasteiger partial charge in [-0.3, -0.25) is 4.79 Å². The molecule has 6 heteroatoms. The standard InChI is InChI=1S/C19H21NO5/c1-22-15-8-6-5-7-14(15)20-18(21)10-9-13-11-16(23-2)19(25-4)17(12-13)24-3/h5-12H,1-4H3,(H,20,21)/b10-9+. The van der Waals surface area contributed by atoms with Gasteiger partial charge in [-0.25, -0.2) is 0 Å². The minimum atomic E-state index is -0.279. The number of ether oxygens (including phenoxy) is 4. The molecule has 1 N–H and O–H groups in total. The lowest BCUT2D eigenvalue weighted by molar-refractivity contribution is -0.111. The van der Waals surface area contributed by atoms with E-state index in [1.54, 1.807) is 51.7 Å². The summed E-state index contributed by atoms with van der Waals surface area (Å²) in [4.78, 5) is 12.1. The third-order valence-corrected chi connectivity index (χ3v) is 3.48. The molecule has 0 radical (unpaired) electrons. The summed E-state index contributed by atoms with van der Waals surface area (Å²) in [5.41, 5.74) is 1.34. The molecule has 0 aromatic heterocycles. The van der Waals surface area contributed by atoms with Crippen molar-refractivity contribution < 1.29 is 23.7 Å². The Morgan fingerprint density at radius 3 is 2.04 bits per heavy atom. The average Bonchev–Trinajstić information content (AvgIpc) is 2.65. The van der Waals surface area contributed by atoms with Gasteiger partial charge in [0.05, 0.1) is 34.1 Å². The number of para-hydroxylation sites is 2. The van der Waals surface area contributed by atoms with Crippen LogP contribution in [0.2, 0.25) is 0 Å². The molecular formula is C19H21NO5. The Morgan fingerprint density at radius 1 is 0.880 bits per heavy atom. The van der Waals surface area contributed by atoms with Crippen LogP contribution in [0, 0.1) is 0 Å². The van der Waals surface area contributed by atoms with Crippen LogP contribution in [0.1, 0.15) is 5.56 Å². The summed E-state index contributed by atoms with van der Waals surface area (Å²) in [7, 11) is 6.17. The van der Waals surface area contributed by atoms with Crippen molar-refractivity contribution in [2.75, 3.05) is 33.8 Å². The van der Waals surface area contributed by atoms with Gasteiger partial charge < -0.3 is 24.3 Å². The molecule has 2 rings (SSSR count). The molecule has 2 aromatic rings. The molecule has 25 heavy (non-hydrogen) atoms. The fourth-order valence-electron chi connectivity index (χ4n) is 2.29. The number of rotatable bonds is 7. The highest BCUT2D eigenvalue weighted by Crippen LogP contribution is 2.38. The fourth-order valence-corrected chi connectivity index (χ4v) is 2.29. The van der Waals surface area contributed by atoms with Crippen LogP contribution in [0.25, 0.3) is 6.08 Å². The van der Waals surface area contributed by atoms with E-state index in [4.69, 9.17) is 18.9 Å². The van der Waals surface area contributed by atoms with E-state index in [0.29, 0.717) is 28.7 Å². The lowest BCUT2D eigenvalue weighted by Gasteiger charge is -2.12. The van der Waals surface area contributed by atoms with Gasteiger partial charge in [0.25, 0.3) is 0 Å². The molecule has 0 fully saturated rings. The molecule has 2 aromatic carbocycles. The van der Waals surface area contributed by atoms with Crippen molar-refractivity contribution >= 4 is 17.7 Å². The second-order valence-corrected chi connectivity index (χ2v) is 4.98. The lowest BCUT2D eigenvalue weighted by atomic mass is 10.1. The Kier molecular flexibility index (Phi) is 6.28. The SMILES string of the molecule is COc1ccccc1NC(=O)/C=C/c1cc(OC)c(OC)c(OC)c1. The molecule has 132 valence electrons. The quantitative estimate of drug-likeness (QED) is 0.781. The number of nitrogens with one attached hydrogen (secondary N) is 1. The molecule has 6 nitrogen and oxygen atoms in total. The maximum absolute atomic E-state index is 12.1. The van der Waals surface area contributed by atoms with Gasteiger partial charge in [0.1, 0.15) is 5.75 Å². The third kappa shape index (κ3) is 4.44. The highest BCUT2D eigenvalue weighted by atomic mass is 16.5. The van der Waals surface area contributed by atoms with Gasteiger partial charge in [0.15, 0.2) is 11.5 Å². The van der Waals surface area contributed by atoms with Crippen LogP contribution < -0.4 is 24.3 Å². The number of hydrogen-bond acceptors (Lipinski definition) is 5. The van der Waals surface area contributed by atoms with E-state index in [0.717, 1.165) is 5.56 Å². The molecule has 0 heterocycles. The fraction of sp³-hybridized carbons (Fsp3) is 0.211. The normalized spacial score (nSPS) is 10.4. The maximum atomic E-state index is 12.1. The first-order valence-electron chi connectivity index (χ1n) is 7.55. The van der Waals surface area contributed by atoms with Crippen molar-refractivity contribution in [3.05, 3.63) is 48.0 Å². The van der Waals surface area contributed by atoms with Gasteiger partial charge in [-0.1, -0.05) is 12.1 Å². The number of anilines is 1. The van der Waals surface area contributed by atoms with Gasteiger partial charge >= 0.3 is 0 Å². The van der Waals surface area contributed by atoms with Crippen molar-refractivity contribution in [3.63, 3.8) is 0 Å². The number of carbonyl (C=O) groups excluding carboxylic acids is 1. The van der Waals surface area contributed by atoms with Crippen LogP contribution in [0.15, 0.2) is 42.5 Å². The predicted molar refractivity (Wildman–Crippen MR) is 96.8 cm³/mol. The minimum Gasteiger partial charge on any atom is -0.495 e. The van der Waals surface area contributed by atoms with Crippen LogP contribution in [-0.4, -0.2) is 34.3 Å². The second-order valence-electron chi connectivity index (χ2n) is 4.98. The first kappa shape index (κ1) is 18.2. The summed E-state index contributed by atoms with van der Waals surface area (Å²) in [6.07, 6.45) is 3.09. The molecule has 0 aliphatic heterocycles. The Bertz CT molecular complexity index is 745. The molecule has 0 spiro atoms. The Balaban J connectivity index is 2.19. The van der Waals surface area contributed by atoms with Gasteiger partial charge in [-0.2, -0.15) is 0 Å². The molecular weight excluding hydrogens is 322 g/mol. The summed E-state index contributed by atoms with van der Waals surface area (Å²) >= 11 is 0. The zero-order valence-corrected chi connectivity index (χ0v) is 14.7. The van der Waals surface area contributed by atoms with E-state index < -0.39 is 0 Å². The summed E-state index contributed by atoms with van der Waals surface area (Å²) < 4.78 is 21.1. The van der Waals surface area contributed by atoms with Gasteiger partial charge in [0.2, 0.25) is 11.7 Å². The van der Waals surface area contributed by atoms with E-state index in [9.17, 15) is 4.79 Å². The Morgan fingerprint density at radius 2 is 1.48 bits per heavy atom. The largest absolute Gasteiger partial charge is 0.495 e. The maximum Gasteiger partial charge on any atom is 0.248 e. The summed E-state index contributed by atoms with van der Waals surface area (Å²) in [6, 6.07) is 10.7. The van der Waals surface area contributed by atoms with Gasteiger partial charge in [-0.15, -0.1) is 0 Å². The minimum absolute atomic E-state index is 0.279. The first-order valence-corrected chi connectivity index (χ1v) is 7.55. The molecule has 1 amide bonds. The van der Waals surface area contributed by atoms with Gasteiger partial charge in [-0.05, 0) is 35.9 Å². The number of amides is 1. The Hall–Kier alpha value is -3.15. The number of hydrogen-bond donors (Lipinski definition) is 1. The van der Waals surface area contributed by atoms with Crippen molar-refractivity contribution in [3.8, 4) is 23.0 Å². The van der Waals surface area contributed by atoms with Crippen molar-refractivity contribution in [1.29, 1.82) is 0 Å². The molecule has 0 saturated carbocycles. The summed E-state index contributed by atoms with van der Waals surface area (Å²) in [6.45, 7) is 0. The van der Waals surface area contributed by atoms with Gasteiger partial charge in [0, 0.05) is 6.08 Å². The van der Waals surface area contributed by atoms with Crippen molar-refractivity contribution in [2.24, 2.45) is 0 Å². The molecule has 0 aliphatic carbocycles. The summed E-state index contributed by atoms with van der Waals surface area (Å²) in [5.74, 6) is 1.86. The monoisotopic (exact) mass is 343 g/mol. The zero-order valence-electron chi connectivity index (χ0n) is 14.7. The van der Waals surface area contributed by atoms with Crippen molar-refractivity contribution in [2.45, 2.75) is 0 Å². The van der Waals surface area contributed by atoms with Crippen molar-refractivity contribution in [1.82, 2.24) is 0 Å². The van der Waals surface area contributed by atoms with Crippen LogP contribution in [-0.2, 0) is 4.79 Å². The highest BCUT2D eigenvalue weighted by Gasteiger charge is 2.12. The molecule has 0 unspecified atom stereocenters. The van der Waals surface area contributed by atoms with E-state index in [1.165, 1.54) is 13.2 Å². The lowest BCUT2D eigenvalue weighted by Crippen LogP contribution is -2.08. The number of benzene rings is 2. The van der Waals surface area contributed by atoms with E-state index in [1.807, 2.05) is 12.1 Å². The zero-order chi connectivity index (χ0) is 18.2. The topological polar surface area (TPSA) is 66.0 Å². The van der Waals surface area contributed by atoms with Crippen LogP contribution >= 0.6 is 0 Å². The van der Waals surface area contributed by atoms with Crippen LogP contribution in [0.5, 0.6) is 23.0 Å². The van der Waals surface area contributed by atoms with E-state index >= 15 is 0 Å². The third-order valence-electron chi connectivity index (χ3n) is 3.48. The van der Waals surface area contributed by atoms with Crippen LogP contribution in [0.4, 0.5) is 5.69 Å². The van der Waals surface area contributed by atoms with E-state index in [2.05, 4.69) is 5.32 Å².